The van der Waals surface area contributed by atoms with E-state index in [4.69, 9.17) is 4.99 Å². The molecule has 2 N–H and O–H groups in total. The molecule has 0 aromatic heterocycles. The zero-order valence-corrected chi connectivity index (χ0v) is 18.5. The third-order valence-electron chi connectivity index (χ3n) is 6.15. The molecule has 0 aliphatic carbocycles. The summed E-state index contributed by atoms with van der Waals surface area (Å²) in [5.41, 5.74) is 0. The lowest BCUT2D eigenvalue weighted by molar-refractivity contribution is 0.116. The maximum atomic E-state index is 4.99. The molecule has 2 atom stereocenters. The van der Waals surface area contributed by atoms with Gasteiger partial charge in [0.05, 0.1) is 6.54 Å². The van der Waals surface area contributed by atoms with E-state index in [0.29, 0.717) is 18.0 Å². The maximum absolute atomic E-state index is 4.99. The fraction of sp³-hybridized carbons (Fsp3) is 0.952. The Kier molecular flexibility index (Phi) is 9.87. The van der Waals surface area contributed by atoms with E-state index in [-0.39, 0.29) is 0 Å². The van der Waals surface area contributed by atoms with Crippen molar-refractivity contribution in [2.45, 2.75) is 58.5 Å². The van der Waals surface area contributed by atoms with Gasteiger partial charge in [0.1, 0.15) is 0 Å². The molecule has 27 heavy (non-hydrogen) atoms. The molecule has 0 aromatic carbocycles. The van der Waals surface area contributed by atoms with Crippen molar-refractivity contribution in [3.63, 3.8) is 0 Å². The van der Waals surface area contributed by atoms with Crippen LogP contribution in [-0.4, -0.2) is 99.2 Å². The van der Waals surface area contributed by atoms with E-state index >= 15 is 0 Å². The van der Waals surface area contributed by atoms with Crippen molar-refractivity contribution < 1.29 is 0 Å². The monoisotopic (exact) mass is 380 g/mol. The van der Waals surface area contributed by atoms with Gasteiger partial charge in [0.25, 0.3) is 0 Å². The number of nitrogens with one attached hydrogen (secondary N) is 2. The van der Waals surface area contributed by atoms with Crippen LogP contribution in [0.5, 0.6) is 0 Å². The minimum absolute atomic E-state index is 0.541. The summed E-state index contributed by atoms with van der Waals surface area (Å²) in [5.74, 6) is 1.60. The van der Waals surface area contributed by atoms with Gasteiger partial charge < -0.3 is 15.5 Å². The topological polar surface area (TPSA) is 46.1 Å². The van der Waals surface area contributed by atoms with Gasteiger partial charge in [-0.3, -0.25) is 14.8 Å². The van der Waals surface area contributed by atoms with E-state index in [9.17, 15) is 0 Å². The summed E-state index contributed by atoms with van der Waals surface area (Å²) in [5, 5.41) is 7.05. The third-order valence-corrected chi connectivity index (χ3v) is 6.15. The SMILES string of the molecule is CCNC(=NCC(C(C)C)N1CCCCCC1)NCC1CN(C)CCN1C. The minimum Gasteiger partial charge on any atom is -0.357 e. The second-order valence-electron chi connectivity index (χ2n) is 8.76. The van der Waals surface area contributed by atoms with Crippen molar-refractivity contribution in [3.05, 3.63) is 0 Å². The van der Waals surface area contributed by atoms with E-state index in [0.717, 1.165) is 45.2 Å². The van der Waals surface area contributed by atoms with Crippen molar-refractivity contribution in [2.24, 2.45) is 10.9 Å². The Labute approximate surface area is 167 Å². The van der Waals surface area contributed by atoms with Gasteiger partial charge in [0.2, 0.25) is 0 Å². The molecular weight excluding hydrogens is 336 g/mol. The van der Waals surface area contributed by atoms with Gasteiger partial charge in [-0.25, -0.2) is 0 Å². The van der Waals surface area contributed by atoms with Crippen LogP contribution in [0.4, 0.5) is 0 Å². The van der Waals surface area contributed by atoms with Gasteiger partial charge in [-0.2, -0.15) is 0 Å². The summed E-state index contributed by atoms with van der Waals surface area (Å²) in [6, 6.07) is 1.08. The Morgan fingerprint density at radius 1 is 1.00 bits per heavy atom. The van der Waals surface area contributed by atoms with Crippen molar-refractivity contribution in [2.75, 3.05) is 66.5 Å². The first-order chi connectivity index (χ1) is 13.0. The molecule has 2 rings (SSSR count). The van der Waals surface area contributed by atoms with Gasteiger partial charge >= 0.3 is 0 Å². The molecule has 6 heteroatoms. The second kappa shape index (κ2) is 11.9. The fourth-order valence-electron chi connectivity index (χ4n) is 4.24. The summed E-state index contributed by atoms with van der Waals surface area (Å²) in [4.78, 5) is 12.6. The average Bonchev–Trinajstić information content (AvgIpc) is 2.91. The van der Waals surface area contributed by atoms with Crippen LogP contribution in [0.15, 0.2) is 4.99 Å². The highest BCUT2D eigenvalue weighted by molar-refractivity contribution is 5.79. The van der Waals surface area contributed by atoms with E-state index < -0.39 is 0 Å². The number of nitrogens with zero attached hydrogens (tertiary/aromatic N) is 4. The van der Waals surface area contributed by atoms with Crippen molar-refractivity contribution in [1.29, 1.82) is 0 Å². The third kappa shape index (κ3) is 7.59. The summed E-state index contributed by atoms with van der Waals surface area (Å²) in [6.45, 7) is 15.5. The van der Waals surface area contributed by atoms with Crippen LogP contribution in [-0.2, 0) is 0 Å². The molecule has 0 radical (unpaired) electrons. The van der Waals surface area contributed by atoms with Crippen LogP contribution in [0.1, 0.15) is 46.5 Å². The van der Waals surface area contributed by atoms with Crippen LogP contribution < -0.4 is 10.6 Å². The number of piperazine rings is 1. The molecule has 2 aliphatic heterocycles. The molecule has 2 unspecified atom stereocenters. The van der Waals surface area contributed by atoms with Gasteiger partial charge in [0, 0.05) is 44.8 Å². The van der Waals surface area contributed by atoms with Gasteiger partial charge in [-0.05, 0) is 52.9 Å². The molecule has 2 saturated heterocycles. The molecule has 0 aromatic rings. The highest BCUT2D eigenvalue weighted by Crippen LogP contribution is 2.17. The lowest BCUT2D eigenvalue weighted by atomic mass is 10.0. The lowest BCUT2D eigenvalue weighted by Crippen LogP contribution is -2.55. The second-order valence-corrected chi connectivity index (χ2v) is 8.76. The van der Waals surface area contributed by atoms with E-state index in [2.05, 4.69) is 60.2 Å². The summed E-state index contributed by atoms with van der Waals surface area (Å²) in [7, 11) is 4.45. The smallest absolute Gasteiger partial charge is 0.191 e. The fourth-order valence-corrected chi connectivity index (χ4v) is 4.24. The van der Waals surface area contributed by atoms with Crippen molar-refractivity contribution >= 4 is 5.96 Å². The normalized spacial score (nSPS) is 25.4. The first-order valence-electron chi connectivity index (χ1n) is 11.2. The number of likely N-dealkylation sites (N-methyl/N-ethyl adjacent to an activating group) is 2. The molecule has 6 nitrogen and oxygen atoms in total. The maximum Gasteiger partial charge on any atom is 0.191 e. The largest absolute Gasteiger partial charge is 0.357 e. The van der Waals surface area contributed by atoms with Crippen LogP contribution in [0.2, 0.25) is 0 Å². The van der Waals surface area contributed by atoms with Crippen molar-refractivity contribution in [1.82, 2.24) is 25.3 Å². The molecule has 2 heterocycles. The Morgan fingerprint density at radius 3 is 2.33 bits per heavy atom. The summed E-state index contributed by atoms with van der Waals surface area (Å²) < 4.78 is 0. The molecule has 0 amide bonds. The van der Waals surface area contributed by atoms with Crippen LogP contribution >= 0.6 is 0 Å². The first kappa shape index (κ1) is 22.4. The summed E-state index contributed by atoms with van der Waals surface area (Å²) >= 11 is 0. The average molecular weight is 381 g/mol. The minimum atomic E-state index is 0.541. The molecule has 2 aliphatic rings. The predicted octanol–water partition coefficient (Wildman–Crippen LogP) is 1.69. The molecular formula is C21H44N6. The predicted molar refractivity (Wildman–Crippen MR) is 117 cm³/mol. The summed E-state index contributed by atoms with van der Waals surface area (Å²) in [6.07, 6.45) is 5.45. The van der Waals surface area contributed by atoms with Crippen LogP contribution in [0.3, 0.4) is 0 Å². The number of hydrogen-bond donors (Lipinski definition) is 2. The Balaban J connectivity index is 1.93. The number of guanidine groups is 1. The molecule has 2 fully saturated rings. The lowest BCUT2D eigenvalue weighted by Gasteiger charge is -2.38. The Bertz CT molecular complexity index is 430. The zero-order valence-electron chi connectivity index (χ0n) is 18.5. The van der Waals surface area contributed by atoms with Gasteiger partial charge in [-0.15, -0.1) is 0 Å². The van der Waals surface area contributed by atoms with E-state index in [1.54, 1.807) is 0 Å². The number of likely N-dealkylation sites (tertiary alicyclic amines) is 1. The Hall–Kier alpha value is -0.850. The molecule has 0 saturated carbocycles. The number of rotatable bonds is 7. The first-order valence-corrected chi connectivity index (χ1v) is 11.2. The molecule has 0 spiro atoms. The highest BCUT2D eigenvalue weighted by atomic mass is 15.3. The van der Waals surface area contributed by atoms with Gasteiger partial charge in [-0.1, -0.05) is 26.7 Å². The van der Waals surface area contributed by atoms with Crippen molar-refractivity contribution in [3.8, 4) is 0 Å². The standard InChI is InChI=1S/C21H44N6/c1-6-22-21(23-15-19-17-25(4)13-14-26(19)5)24-16-20(18(2)3)27-11-9-7-8-10-12-27/h18-20H,6-17H2,1-5H3,(H2,22,23,24). The highest BCUT2D eigenvalue weighted by Gasteiger charge is 2.24. The Morgan fingerprint density at radius 2 is 1.70 bits per heavy atom. The quantitative estimate of drug-likeness (QED) is 0.520. The van der Waals surface area contributed by atoms with Gasteiger partial charge in [0.15, 0.2) is 5.96 Å². The van der Waals surface area contributed by atoms with E-state index in [1.165, 1.54) is 38.8 Å². The van der Waals surface area contributed by atoms with Crippen LogP contribution in [0, 0.1) is 5.92 Å². The van der Waals surface area contributed by atoms with Crippen LogP contribution in [0.25, 0.3) is 0 Å². The molecule has 0 bridgehead atoms. The number of aliphatic imine (C=N–C) groups is 1. The van der Waals surface area contributed by atoms with E-state index in [1.807, 2.05) is 0 Å². The number of hydrogen-bond acceptors (Lipinski definition) is 4. The zero-order chi connectivity index (χ0) is 19.6. The molecule has 158 valence electrons.